The second kappa shape index (κ2) is 7.49. The molecule has 0 radical (unpaired) electrons. The molecule has 0 bridgehead atoms. The van der Waals surface area contributed by atoms with E-state index in [0.29, 0.717) is 5.16 Å². The fraction of sp³-hybridized carbons (Fsp3) is 0.412. The predicted octanol–water partition coefficient (Wildman–Crippen LogP) is 2.70. The molecule has 3 rings (SSSR count). The number of nitrogens with zero attached hydrogens (tertiary/aromatic N) is 4. The summed E-state index contributed by atoms with van der Waals surface area (Å²) in [6, 6.07) is 12.0. The van der Waals surface area contributed by atoms with Crippen LogP contribution in [-0.4, -0.2) is 32.0 Å². The van der Waals surface area contributed by atoms with E-state index in [2.05, 4.69) is 21.6 Å². The fourth-order valence-corrected chi connectivity index (χ4v) is 3.67. The van der Waals surface area contributed by atoms with Gasteiger partial charge in [0.15, 0.2) is 5.16 Å². The van der Waals surface area contributed by atoms with Gasteiger partial charge in [0.05, 0.1) is 11.8 Å². The van der Waals surface area contributed by atoms with Gasteiger partial charge in [0.25, 0.3) is 0 Å². The molecule has 1 N–H and O–H groups in total. The maximum Gasteiger partial charge on any atom is 0.231 e. The Bertz CT molecular complexity index is 731. The number of carbonyl (C=O) groups excluding carboxylic acids is 1. The van der Waals surface area contributed by atoms with Crippen molar-refractivity contribution < 1.29 is 4.79 Å². The molecule has 0 spiro atoms. The van der Waals surface area contributed by atoms with Gasteiger partial charge in [0.1, 0.15) is 11.9 Å². The van der Waals surface area contributed by atoms with Crippen molar-refractivity contribution in [3.63, 3.8) is 0 Å². The second-order valence-electron chi connectivity index (χ2n) is 5.91. The lowest BCUT2D eigenvalue weighted by Crippen LogP contribution is -2.49. The van der Waals surface area contributed by atoms with Crippen LogP contribution in [0.15, 0.2) is 41.8 Å². The Hall–Kier alpha value is -2.33. The minimum atomic E-state index is -0.691. The molecule has 1 saturated carbocycles. The van der Waals surface area contributed by atoms with Crippen LogP contribution in [0.5, 0.6) is 0 Å². The fourth-order valence-electron chi connectivity index (χ4n) is 2.94. The Kier molecular flexibility index (Phi) is 5.16. The number of nitrogens with one attached hydrogen (secondary N) is 1. The number of rotatable bonds is 5. The Morgan fingerprint density at radius 2 is 2.04 bits per heavy atom. The number of para-hydroxylation sites is 1. The van der Waals surface area contributed by atoms with Gasteiger partial charge in [-0.05, 0) is 25.0 Å². The molecular formula is C17H19N5OS. The number of hydrogen-bond donors (Lipinski definition) is 1. The SMILES string of the molecule is N#CC1(NC(=O)CSc2nncn2-c2ccccc2)CCCCC1. The average Bonchev–Trinajstić information content (AvgIpc) is 3.10. The number of thioether (sulfide) groups is 1. The maximum absolute atomic E-state index is 12.3. The highest BCUT2D eigenvalue weighted by atomic mass is 32.2. The summed E-state index contributed by atoms with van der Waals surface area (Å²) in [4.78, 5) is 12.3. The monoisotopic (exact) mass is 341 g/mol. The normalized spacial score (nSPS) is 16.3. The summed E-state index contributed by atoms with van der Waals surface area (Å²) in [5.74, 6) is 0.0839. The van der Waals surface area contributed by atoms with Gasteiger partial charge in [-0.1, -0.05) is 49.2 Å². The van der Waals surface area contributed by atoms with Gasteiger partial charge in [-0.3, -0.25) is 9.36 Å². The zero-order chi connectivity index (χ0) is 16.8. The average molecular weight is 341 g/mol. The largest absolute Gasteiger partial charge is 0.337 e. The minimum Gasteiger partial charge on any atom is -0.337 e. The van der Waals surface area contributed by atoms with E-state index in [-0.39, 0.29) is 11.7 Å². The van der Waals surface area contributed by atoms with Gasteiger partial charge in [-0.15, -0.1) is 10.2 Å². The van der Waals surface area contributed by atoms with Crippen molar-refractivity contribution in [2.75, 3.05) is 5.75 Å². The number of aromatic nitrogens is 3. The third-order valence-electron chi connectivity index (χ3n) is 4.18. The highest BCUT2D eigenvalue weighted by Crippen LogP contribution is 2.28. The number of benzene rings is 1. The third-order valence-corrected chi connectivity index (χ3v) is 5.13. The lowest BCUT2D eigenvalue weighted by atomic mass is 9.83. The zero-order valence-corrected chi connectivity index (χ0v) is 14.1. The first kappa shape index (κ1) is 16.5. The highest BCUT2D eigenvalue weighted by molar-refractivity contribution is 7.99. The zero-order valence-electron chi connectivity index (χ0n) is 13.3. The van der Waals surface area contributed by atoms with E-state index < -0.39 is 5.54 Å². The van der Waals surface area contributed by atoms with Crippen LogP contribution in [0.4, 0.5) is 0 Å². The number of amides is 1. The molecule has 0 saturated heterocycles. The van der Waals surface area contributed by atoms with Crippen molar-refractivity contribution in [2.24, 2.45) is 0 Å². The van der Waals surface area contributed by atoms with Crippen molar-refractivity contribution in [3.05, 3.63) is 36.7 Å². The number of nitriles is 1. The molecule has 1 aliphatic carbocycles. The van der Waals surface area contributed by atoms with Crippen molar-refractivity contribution >= 4 is 17.7 Å². The maximum atomic E-state index is 12.3. The first-order valence-electron chi connectivity index (χ1n) is 8.03. The molecular weight excluding hydrogens is 322 g/mol. The number of hydrogen-bond acceptors (Lipinski definition) is 5. The van der Waals surface area contributed by atoms with E-state index >= 15 is 0 Å². The van der Waals surface area contributed by atoms with E-state index in [1.54, 1.807) is 6.33 Å². The molecule has 1 aromatic heterocycles. The molecule has 0 unspecified atom stereocenters. The summed E-state index contributed by atoms with van der Waals surface area (Å²) < 4.78 is 1.85. The molecule has 1 aromatic carbocycles. The molecule has 7 heteroatoms. The van der Waals surface area contributed by atoms with Crippen molar-refractivity contribution in [1.82, 2.24) is 20.1 Å². The van der Waals surface area contributed by atoms with Gasteiger partial charge in [0, 0.05) is 5.69 Å². The molecule has 1 amide bonds. The van der Waals surface area contributed by atoms with E-state index in [9.17, 15) is 10.1 Å². The van der Waals surface area contributed by atoms with Crippen LogP contribution >= 0.6 is 11.8 Å². The van der Waals surface area contributed by atoms with Crippen LogP contribution in [0, 0.1) is 11.3 Å². The van der Waals surface area contributed by atoms with Crippen LogP contribution in [-0.2, 0) is 4.79 Å². The van der Waals surface area contributed by atoms with E-state index in [0.717, 1.165) is 37.8 Å². The van der Waals surface area contributed by atoms with Crippen LogP contribution in [0.25, 0.3) is 5.69 Å². The predicted molar refractivity (Wildman–Crippen MR) is 91.7 cm³/mol. The Balaban J connectivity index is 1.61. The van der Waals surface area contributed by atoms with E-state index in [1.165, 1.54) is 11.8 Å². The minimum absolute atomic E-state index is 0.133. The van der Waals surface area contributed by atoms with Crippen LogP contribution < -0.4 is 5.32 Å². The summed E-state index contributed by atoms with van der Waals surface area (Å²) in [5.41, 5.74) is 0.259. The smallest absolute Gasteiger partial charge is 0.231 e. The third kappa shape index (κ3) is 3.77. The molecule has 1 fully saturated rings. The molecule has 0 aliphatic heterocycles. The van der Waals surface area contributed by atoms with Gasteiger partial charge in [-0.25, -0.2) is 0 Å². The van der Waals surface area contributed by atoms with Crippen LogP contribution in [0.3, 0.4) is 0 Å². The quantitative estimate of drug-likeness (QED) is 0.845. The van der Waals surface area contributed by atoms with E-state index in [4.69, 9.17) is 0 Å². The summed E-state index contributed by atoms with van der Waals surface area (Å²) in [7, 11) is 0. The summed E-state index contributed by atoms with van der Waals surface area (Å²) >= 11 is 1.32. The van der Waals surface area contributed by atoms with Gasteiger partial charge in [-0.2, -0.15) is 5.26 Å². The van der Waals surface area contributed by atoms with Crippen molar-refractivity contribution in [2.45, 2.75) is 42.8 Å². The van der Waals surface area contributed by atoms with Crippen molar-refractivity contribution in [1.29, 1.82) is 5.26 Å². The van der Waals surface area contributed by atoms with Crippen LogP contribution in [0.1, 0.15) is 32.1 Å². The summed E-state index contributed by atoms with van der Waals surface area (Å²) in [6.07, 6.45) is 6.22. The molecule has 0 atom stereocenters. The molecule has 24 heavy (non-hydrogen) atoms. The molecule has 2 aromatic rings. The van der Waals surface area contributed by atoms with Gasteiger partial charge in [0.2, 0.25) is 5.91 Å². The van der Waals surface area contributed by atoms with Gasteiger partial charge >= 0.3 is 0 Å². The Morgan fingerprint density at radius 3 is 2.75 bits per heavy atom. The Labute approximate surface area is 145 Å². The second-order valence-corrected chi connectivity index (χ2v) is 6.85. The standard InChI is InChI=1S/C17H19N5OS/c18-12-17(9-5-2-6-10-17)20-15(23)11-24-16-21-19-13-22(16)14-7-3-1-4-8-14/h1,3-4,7-8,13H,2,5-6,9-11H2,(H,20,23). The lowest BCUT2D eigenvalue weighted by molar-refractivity contribution is -0.120. The summed E-state index contributed by atoms with van der Waals surface area (Å²) in [5, 5.41) is 21.0. The summed E-state index contributed by atoms with van der Waals surface area (Å²) in [6.45, 7) is 0. The highest BCUT2D eigenvalue weighted by Gasteiger charge is 2.33. The molecule has 124 valence electrons. The lowest BCUT2D eigenvalue weighted by Gasteiger charge is -2.31. The Morgan fingerprint density at radius 1 is 1.29 bits per heavy atom. The first-order chi connectivity index (χ1) is 11.7. The molecule has 1 aliphatic rings. The number of carbonyl (C=O) groups is 1. The van der Waals surface area contributed by atoms with Crippen molar-refractivity contribution in [3.8, 4) is 11.8 Å². The molecule has 6 nitrogen and oxygen atoms in total. The topological polar surface area (TPSA) is 83.6 Å². The van der Waals surface area contributed by atoms with Gasteiger partial charge < -0.3 is 5.32 Å². The molecule has 1 heterocycles. The van der Waals surface area contributed by atoms with Crippen LogP contribution in [0.2, 0.25) is 0 Å². The van der Waals surface area contributed by atoms with E-state index in [1.807, 2.05) is 34.9 Å². The first-order valence-corrected chi connectivity index (χ1v) is 9.01.